The lowest BCUT2D eigenvalue weighted by atomic mass is 9.78. The molecule has 0 unspecified atom stereocenters. The van der Waals surface area contributed by atoms with Gasteiger partial charge >= 0.3 is 7.12 Å². The molecule has 2 aromatic carbocycles. The summed E-state index contributed by atoms with van der Waals surface area (Å²) in [7, 11) is -1.40. The molecule has 8 heteroatoms. The van der Waals surface area contributed by atoms with E-state index in [9.17, 15) is 19.0 Å². The Morgan fingerprint density at radius 3 is 2.75 bits per heavy atom. The number of hydrogen-bond donors (Lipinski definition) is 2. The predicted octanol–water partition coefficient (Wildman–Crippen LogP) is 1.51. The van der Waals surface area contributed by atoms with Gasteiger partial charge in [-0.25, -0.2) is 4.39 Å². The lowest BCUT2D eigenvalue weighted by Crippen LogP contribution is -2.33. The van der Waals surface area contributed by atoms with E-state index in [2.05, 4.69) is 5.32 Å². The highest BCUT2D eigenvalue weighted by Gasteiger charge is 2.33. The zero-order valence-electron chi connectivity index (χ0n) is 14.8. The van der Waals surface area contributed by atoms with Crippen LogP contribution >= 0.6 is 0 Å². The minimum absolute atomic E-state index is 0.0396. The lowest BCUT2D eigenvalue weighted by molar-refractivity contribution is 0.102. The Kier molecular flexibility index (Phi) is 4.81. The number of fused-ring (bicyclic) bond motifs is 1. The number of amides is 1. The fourth-order valence-corrected chi connectivity index (χ4v) is 3.18. The maximum atomic E-state index is 14.7. The molecule has 0 saturated heterocycles. The second kappa shape index (κ2) is 7.42. The van der Waals surface area contributed by atoms with Crippen molar-refractivity contribution >= 4 is 24.2 Å². The third kappa shape index (κ3) is 3.35. The molecule has 3 aromatic rings. The Balaban J connectivity index is 1.60. The monoisotopic (exact) mass is 378 g/mol. The van der Waals surface area contributed by atoms with Gasteiger partial charge in [0.15, 0.2) is 0 Å². The molecule has 0 spiro atoms. The number of nitrogens with zero attached hydrogens (tertiary/aromatic N) is 1. The summed E-state index contributed by atoms with van der Waals surface area (Å²) < 4.78 is 21.1. The highest BCUT2D eigenvalue weighted by molar-refractivity contribution is 6.61. The summed E-state index contributed by atoms with van der Waals surface area (Å²) >= 11 is 0. The third-order valence-corrected chi connectivity index (χ3v) is 4.62. The molecule has 0 saturated carbocycles. The molecule has 0 radical (unpaired) electrons. The van der Waals surface area contributed by atoms with E-state index >= 15 is 0 Å². The van der Waals surface area contributed by atoms with Crippen molar-refractivity contribution in [2.75, 3.05) is 5.32 Å². The topological polar surface area (TPSA) is 80.6 Å². The van der Waals surface area contributed by atoms with Crippen LogP contribution in [0.2, 0.25) is 0 Å². The Hall–Kier alpha value is -3.23. The molecule has 6 nitrogen and oxygen atoms in total. The van der Waals surface area contributed by atoms with Crippen molar-refractivity contribution in [2.24, 2.45) is 0 Å². The Morgan fingerprint density at radius 1 is 1.18 bits per heavy atom. The van der Waals surface area contributed by atoms with Gasteiger partial charge in [0.1, 0.15) is 11.5 Å². The number of hydrogen-bond acceptors (Lipinski definition) is 4. The van der Waals surface area contributed by atoms with Crippen molar-refractivity contribution in [1.82, 2.24) is 4.57 Å². The summed E-state index contributed by atoms with van der Waals surface area (Å²) in [5.41, 5.74) is 0.770. The molecule has 28 heavy (non-hydrogen) atoms. The van der Waals surface area contributed by atoms with Crippen LogP contribution in [0.5, 0.6) is 0 Å². The normalized spacial score (nSPS) is 12.7. The number of rotatable bonds is 4. The number of carbonyl (C=O) groups is 1. The van der Waals surface area contributed by atoms with Crippen LogP contribution in [-0.2, 0) is 17.8 Å². The van der Waals surface area contributed by atoms with Gasteiger partial charge in [0.25, 0.3) is 11.5 Å². The molecule has 2 N–H and O–H groups in total. The van der Waals surface area contributed by atoms with Gasteiger partial charge in [0, 0.05) is 11.7 Å². The minimum Gasteiger partial charge on any atom is -0.423 e. The number of pyridine rings is 1. The maximum Gasteiger partial charge on any atom is 0.494 e. The summed E-state index contributed by atoms with van der Waals surface area (Å²) in [6.45, 7) is 0.429. The Bertz CT molecular complexity index is 1100. The number of carbonyl (C=O) groups excluding carboxylic acids is 1. The molecule has 0 fully saturated rings. The predicted molar refractivity (Wildman–Crippen MR) is 103 cm³/mol. The summed E-state index contributed by atoms with van der Waals surface area (Å²) in [5.74, 6) is -1.62. The van der Waals surface area contributed by atoms with Crippen LogP contribution in [0.3, 0.4) is 0 Å². The van der Waals surface area contributed by atoms with Crippen molar-refractivity contribution in [3.63, 3.8) is 0 Å². The second-order valence-corrected chi connectivity index (χ2v) is 6.46. The Morgan fingerprint density at radius 2 is 1.96 bits per heavy atom. The van der Waals surface area contributed by atoms with Gasteiger partial charge in [-0.1, -0.05) is 36.4 Å². The standard InChI is InChI=1S/C20H16BFN2O4/c22-18-15(9-8-14-12-28-21(27)17(14)18)19(25)23-16-7-4-10-24(20(16)26)11-13-5-2-1-3-6-13/h1-10,27H,11-12H2,(H,23,25). The average Bonchev–Trinajstić information content (AvgIpc) is 3.08. The van der Waals surface area contributed by atoms with E-state index in [-0.39, 0.29) is 23.3 Å². The quantitative estimate of drug-likeness (QED) is 0.675. The molecule has 140 valence electrons. The van der Waals surface area contributed by atoms with E-state index in [1.165, 1.54) is 22.8 Å². The van der Waals surface area contributed by atoms with E-state index in [0.717, 1.165) is 5.56 Å². The molecule has 0 aliphatic carbocycles. The number of anilines is 1. The molecular formula is C20H16BFN2O4. The zero-order chi connectivity index (χ0) is 19.7. The lowest BCUT2D eigenvalue weighted by Gasteiger charge is -2.11. The summed E-state index contributed by atoms with van der Waals surface area (Å²) in [4.78, 5) is 25.2. The fourth-order valence-electron chi connectivity index (χ4n) is 3.18. The third-order valence-electron chi connectivity index (χ3n) is 4.62. The van der Waals surface area contributed by atoms with Gasteiger partial charge in [-0.05, 0) is 29.3 Å². The number of aromatic nitrogens is 1. The minimum atomic E-state index is -1.40. The molecule has 4 rings (SSSR count). The molecule has 2 heterocycles. The largest absolute Gasteiger partial charge is 0.494 e. The first-order chi connectivity index (χ1) is 13.5. The molecular weight excluding hydrogens is 362 g/mol. The summed E-state index contributed by atoms with van der Waals surface area (Å²) in [5, 5.41) is 12.2. The van der Waals surface area contributed by atoms with Gasteiger partial charge in [0.05, 0.1) is 18.7 Å². The number of halogens is 1. The van der Waals surface area contributed by atoms with Crippen LogP contribution in [0, 0.1) is 5.82 Å². The van der Waals surface area contributed by atoms with Crippen molar-refractivity contribution < 1.29 is 18.9 Å². The van der Waals surface area contributed by atoms with Crippen molar-refractivity contribution in [1.29, 1.82) is 0 Å². The second-order valence-electron chi connectivity index (χ2n) is 6.46. The van der Waals surface area contributed by atoms with Gasteiger partial charge in [-0.2, -0.15) is 0 Å². The molecule has 1 amide bonds. The van der Waals surface area contributed by atoms with Crippen LogP contribution in [0.15, 0.2) is 65.6 Å². The van der Waals surface area contributed by atoms with E-state index in [0.29, 0.717) is 12.1 Å². The van der Waals surface area contributed by atoms with Crippen molar-refractivity contribution in [3.05, 3.63) is 93.7 Å². The van der Waals surface area contributed by atoms with Gasteiger partial charge in [-0.15, -0.1) is 0 Å². The van der Waals surface area contributed by atoms with Gasteiger partial charge in [-0.3, -0.25) is 9.59 Å². The van der Waals surface area contributed by atoms with Crippen LogP contribution < -0.4 is 16.3 Å². The van der Waals surface area contributed by atoms with E-state index in [1.54, 1.807) is 12.3 Å². The first kappa shape index (κ1) is 18.2. The fraction of sp³-hybridized carbons (Fsp3) is 0.100. The first-order valence-electron chi connectivity index (χ1n) is 8.70. The molecule has 1 aliphatic rings. The zero-order valence-corrected chi connectivity index (χ0v) is 14.8. The van der Waals surface area contributed by atoms with E-state index in [4.69, 9.17) is 4.65 Å². The Labute approximate surface area is 160 Å². The van der Waals surface area contributed by atoms with Crippen LogP contribution in [0.4, 0.5) is 10.1 Å². The van der Waals surface area contributed by atoms with Gasteiger partial charge in [0.2, 0.25) is 0 Å². The first-order valence-corrected chi connectivity index (χ1v) is 8.70. The smallest absolute Gasteiger partial charge is 0.423 e. The molecule has 1 aliphatic heterocycles. The van der Waals surface area contributed by atoms with Gasteiger partial charge < -0.3 is 19.6 Å². The molecule has 0 atom stereocenters. The summed E-state index contributed by atoms with van der Waals surface area (Å²) in [6.07, 6.45) is 1.62. The number of benzene rings is 2. The van der Waals surface area contributed by atoms with Crippen molar-refractivity contribution in [3.8, 4) is 0 Å². The highest BCUT2D eigenvalue weighted by Crippen LogP contribution is 2.16. The van der Waals surface area contributed by atoms with Crippen LogP contribution in [0.25, 0.3) is 0 Å². The highest BCUT2D eigenvalue weighted by atomic mass is 19.1. The number of nitrogens with one attached hydrogen (secondary N) is 1. The molecule has 1 aromatic heterocycles. The molecule has 0 bridgehead atoms. The SMILES string of the molecule is O=C(Nc1cccn(Cc2ccccc2)c1=O)c1ccc2c(c1F)B(O)OC2. The average molecular weight is 378 g/mol. The van der Waals surface area contributed by atoms with Crippen LogP contribution in [-0.4, -0.2) is 22.6 Å². The summed E-state index contributed by atoms with van der Waals surface area (Å²) in [6, 6.07) is 15.4. The van der Waals surface area contributed by atoms with Crippen LogP contribution in [0.1, 0.15) is 21.5 Å². The van der Waals surface area contributed by atoms with E-state index in [1.807, 2.05) is 30.3 Å². The maximum absolute atomic E-state index is 14.7. The van der Waals surface area contributed by atoms with E-state index < -0.39 is 24.4 Å². The van der Waals surface area contributed by atoms with Crippen molar-refractivity contribution in [2.45, 2.75) is 13.2 Å².